The van der Waals surface area contributed by atoms with Crippen LogP contribution in [0.3, 0.4) is 0 Å². The van der Waals surface area contributed by atoms with E-state index in [0.29, 0.717) is 25.3 Å². The molecule has 0 aromatic heterocycles. The molecule has 7 heteroatoms. The Bertz CT molecular complexity index is 834. The maximum Gasteiger partial charge on any atom is 0.293 e. The Morgan fingerprint density at radius 3 is 2.62 bits per heavy atom. The molecule has 0 aliphatic heterocycles. The molecule has 0 spiro atoms. The van der Waals surface area contributed by atoms with Gasteiger partial charge in [-0.15, -0.1) is 0 Å². The Morgan fingerprint density at radius 2 is 1.96 bits per heavy atom. The van der Waals surface area contributed by atoms with E-state index >= 15 is 0 Å². The average molecular weight is 357 g/mol. The van der Waals surface area contributed by atoms with Crippen molar-refractivity contribution < 1.29 is 14.5 Å². The zero-order chi connectivity index (χ0) is 19.3. The van der Waals surface area contributed by atoms with Gasteiger partial charge in [0.05, 0.1) is 11.5 Å². The monoisotopic (exact) mass is 357 g/mol. The van der Waals surface area contributed by atoms with Gasteiger partial charge in [0.2, 0.25) is 5.91 Å². The van der Waals surface area contributed by atoms with Crippen LogP contribution in [0.15, 0.2) is 30.3 Å². The standard InChI is InChI=1S/C19H23N3O4/c1-12-9-13(2)14(3)18(10-12)26-8-4-7-21-16-6-5-15(19(20)23)11-17(16)22(24)25/h5-6,9-11,21H,4,7-8H2,1-3H3,(H2,20,23). The van der Waals surface area contributed by atoms with Crippen LogP contribution in [-0.2, 0) is 0 Å². The van der Waals surface area contributed by atoms with Gasteiger partial charge < -0.3 is 15.8 Å². The second-order valence-corrected chi connectivity index (χ2v) is 6.19. The second kappa shape index (κ2) is 8.33. The number of benzene rings is 2. The van der Waals surface area contributed by atoms with Crippen molar-refractivity contribution in [1.29, 1.82) is 0 Å². The number of carbonyl (C=O) groups is 1. The number of nitro groups is 1. The Kier molecular flexibility index (Phi) is 6.16. The molecule has 138 valence electrons. The van der Waals surface area contributed by atoms with Gasteiger partial charge >= 0.3 is 0 Å². The molecule has 2 aromatic rings. The summed E-state index contributed by atoms with van der Waals surface area (Å²) in [6, 6.07) is 8.25. The van der Waals surface area contributed by atoms with Crippen molar-refractivity contribution in [1.82, 2.24) is 0 Å². The molecule has 0 unspecified atom stereocenters. The fourth-order valence-corrected chi connectivity index (χ4v) is 2.61. The Balaban J connectivity index is 1.92. The average Bonchev–Trinajstić information content (AvgIpc) is 2.58. The lowest BCUT2D eigenvalue weighted by atomic mass is 10.1. The minimum atomic E-state index is -0.697. The molecule has 0 saturated heterocycles. The van der Waals surface area contributed by atoms with Crippen LogP contribution in [0.4, 0.5) is 11.4 Å². The van der Waals surface area contributed by atoms with Crippen molar-refractivity contribution in [3.05, 3.63) is 62.7 Å². The normalized spacial score (nSPS) is 10.4. The summed E-state index contributed by atoms with van der Waals surface area (Å²) in [4.78, 5) is 21.8. The third-order valence-electron chi connectivity index (χ3n) is 4.14. The summed E-state index contributed by atoms with van der Waals surface area (Å²) in [5.74, 6) is 0.163. The quantitative estimate of drug-likeness (QED) is 0.427. The Labute approximate surface area is 152 Å². The first-order valence-electron chi connectivity index (χ1n) is 8.32. The number of nitrogens with two attached hydrogens (primary N) is 1. The molecule has 2 aromatic carbocycles. The number of aryl methyl sites for hydroxylation is 2. The molecule has 0 saturated carbocycles. The van der Waals surface area contributed by atoms with Crippen molar-refractivity contribution in [2.75, 3.05) is 18.5 Å². The van der Waals surface area contributed by atoms with Crippen LogP contribution in [0.5, 0.6) is 5.75 Å². The molecule has 0 bridgehead atoms. The first-order chi connectivity index (χ1) is 12.3. The van der Waals surface area contributed by atoms with Gasteiger partial charge in [-0.1, -0.05) is 6.07 Å². The summed E-state index contributed by atoms with van der Waals surface area (Å²) >= 11 is 0. The van der Waals surface area contributed by atoms with Crippen molar-refractivity contribution in [2.24, 2.45) is 5.73 Å². The number of hydrogen-bond donors (Lipinski definition) is 2. The van der Waals surface area contributed by atoms with Crippen LogP contribution < -0.4 is 15.8 Å². The molecule has 0 fully saturated rings. The van der Waals surface area contributed by atoms with Crippen molar-refractivity contribution in [3.63, 3.8) is 0 Å². The zero-order valence-electron chi connectivity index (χ0n) is 15.2. The fraction of sp³-hybridized carbons (Fsp3) is 0.316. The van der Waals surface area contributed by atoms with Gasteiger partial charge in [0.25, 0.3) is 5.69 Å². The number of nitrogens with one attached hydrogen (secondary N) is 1. The van der Waals surface area contributed by atoms with E-state index in [1.165, 1.54) is 23.8 Å². The van der Waals surface area contributed by atoms with Crippen LogP contribution in [0.25, 0.3) is 0 Å². The number of anilines is 1. The minimum Gasteiger partial charge on any atom is -0.493 e. The number of nitrogens with zero attached hydrogens (tertiary/aromatic N) is 1. The number of rotatable bonds is 8. The predicted molar refractivity (Wildman–Crippen MR) is 101 cm³/mol. The first kappa shape index (κ1) is 19.2. The molecular formula is C19H23N3O4. The summed E-state index contributed by atoms with van der Waals surface area (Å²) in [6.07, 6.45) is 0.668. The maximum absolute atomic E-state index is 11.2. The molecule has 0 aliphatic rings. The SMILES string of the molecule is Cc1cc(C)c(C)c(OCCCNc2ccc(C(N)=O)cc2[N+](=O)[O-])c1. The zero-order valence-corrected chi connectivity index (χ0v) is 15.2. The predicted octanol–water partition coefficient (Wildman–Crippen LogP) is 3.50. The van der Waals surface area contributed by atoms with E-state index in [4.69, 9.17) is 10.5 Å². The lowest BCUT2D eigenvalue weighted by Gasteiger charge is -2.13. The van der Waals surface area contributed by atoms with Crippen LogP contribution in [0.2, 0.25) is 0 Å². The van der Waals surface area contributed by atoms with E-state index in [9.17, 15) is 14.9 Å². The molecule has 0 aliphatic carbocycles. The highest BCUT2D eigenvalue weighted by molar-refractivity contribution is 5.94. The topological polar surface area (TPSA) is 107 Å². The van der Waals surface area contributed by atoms with Crippen molar-refractivity contribution >= 4 is 17.3 Å². The van der Waals surface area contributed by atoms with E-state index in [1.54, 1.807) is 0 Å². The highest BCUT2D eigenvalue weighted by Crippen LogP contribution is 2.26. The number of nitro benzene ring substituents is 1. The van der Waals surface area contributed by atoms with E-state index < -0.39 is 10.8 Å². The number of ether oxygens (including phenoxy) is 1. The lowest BCUT2D eigenvalue weighted by Crippen LogP contribution is -2.13. The molecule has 7 nitrogen and oxygen atoms in total. The lowest BCUT2D eigenvalue weighted by molar-refractivity contribution is -0.384. The molecular weight excluding hydrogens is 334 g/mol. The second-order valence-electron chi connectivity index (χ2n) is 6.19. The van der Waals surface area contributed by atoms with Crippen molar-refractivity contribution in [2.45, 2.75) is 27.2 Å². The van der Waals surface area contributed by atoms with Gasteiger partial charge in [-0.3, -0.25) is 14.9 Å². The van der Waals surface area contributed by atoms with Crippen LogP contribution >= 0.6 is 0 Å². The van der Waals surface area contributed by atoms with Gasteiger partial charge in [0.1, 0.15) is 11.4 Å². The number of carbonyl (C=O) groups excluding carboxylic acids is 1. The number of hydrogen-bond acceptors (Lipinski definition) is 5. The Morgan fingerprint density at radius 1 is 1.23 bits per heavy atom. The van der Waals surface area contributed by atoms with Crippen molar-refractivity contribution in [3.8, 4) is 5.75 Å². The van der Waals surface area contributed by atoms with Gasteiger partial charge in [0.15, 0.2) is 0 Å². The van der Waals surface area contributed by atoms with E-state index in [0.717, 1.165) is 16.9 Å². The maximum atomic E-state index is 11.2. The third kappa shape index (κ3) is 4.72. The molecule has 2 rings (SSSR count). The Hall–Kier alpha value is -3.09. The van der Waals surface area contributed by atoms with Crippen LogP contribution in [0.1, 0.15) is 33.5 Å². The third-order valence-corrected chi connectivity index (χ3v) is 4.14. The van der Waals surface area contributed by atoms with Gasteiger partial charge in [-0.25, -0.2) is 0 Å². The summed E-state index contributed by atoms with van der Waals surface area (Å²) < 4.78 is 5.83. The molecule has 3 N–H and O–H groups in total. The summed E-state index contributed by atoms with van der Waals surface area (Å²) in [5.41, 5.74) is 8.89. The van der Waals surface area contributed by atoms with Crippen LogP contribution in [0, 0.1) is 30.9 Å². The molecule has 0 heterocycles. The molecule has 0 radical (unpaired) electrons. The van der Waals surface area contributed by atoms with E-state index in [1.807, 2.05) is 26.8 Å². The minimum absolute atomic E-state index is 0.107. The number of primary amides is 1. The van der Waals surface area contributed by atoms with Gasteiger partial charge in [-0.05, 0) is 62.1 Å². The summed E-state index contributed by atoms with van der Waals surface area (Å²) in [5, 5.41) is 14.2. The van der Waals surface area contributed by atoms with Gasteiger partial charge in [0, 0.05) is 18.2 Å². The van der Waals surface area contributed by atoms with E-state index in [2.05, 4.69) is 11.4 Å². The number of amides is 1. The molecule has 1 amide bonds. The molecule has 0 atom stereocenters. The highest BCUT2D eigenvalue weighted by Gasteiger charge is 2.16. The largest absolute Gasteiger partial charge is 0.493 e. The smallest absolute Gasteiger partial charge is 0.293 e. The van der Waals surface area contributed by atoms with Crippen LogP contribution in [-0.4, -0.2) is 24.0 Å². The van der Waals surface area contributed by atoms with E-state index in [-0.39, 0.29) is 11.3 Å². The fourth-order valence-electron chi connectivity index (χ4n) is 2.61. The first-order valence-corrected chi connectivity index (χ1v) is 8.32. The summed E-state index contributed by atoms with van der Waals surface area (Å²) in [7, 11) is 0. The molecule has 26 heavy (non-hydrogen) atoms. The highest BCUT2D eigenvalue weighted by atomic mass is 16.6. The summed E-state index contributed by atoms with van der Waals surface area (Å²) in [6.45, 7) is 7.08. The van der Waals surface area contributed by atoms with Gasteiger partial charge in [-0.2, -0.15) is 0 Å².